The van der Waals surface area contributed by atoms with Crippen molar-refractivity contribution in [2.45, 2.75) is 18.7 Å². The van der Waals surface area contributed by atoms with Crippen LogP contribution in [-0.2, 0) is 0 Å². The summed E-state index contributed by atoms with van der Waals surface area (Å²) in [5, 5.41) is 4.93. The van der Waals surface area contributed by atoms with Crippen molar-refractivity contribution in [2.24, 2.45) is 0 Å². The molecule has 0 aliphatic carbocycles. The van der Waals surface area contributed by atoms with Crippen LogP contribution in [-0.4, -0.2) is 60.8 Å². The van der Waals surface area contributed by atoms with Gasteiger partial charge in [0.05, 0.1) is 15.8 Å². The van der Waals surface area contributed by atoms with E-state index in [2.05, 4.69) is 28.1 Å². The summed E-state index contributed by atoms with van der Waals surface area (Å²) in [6.45, 7) is 9.46. The van der Waals surface area contributed by atoms with E-state index in [0.29, 0.717) is 6.54 Å². The molecule has 1 aliphatic heterocycles. The maximum absolute atomic E-state index is 12.6. The van der Waals surface area contributed by atoms with Crippen LogP contribution in [0.25, 0.3) is 10.2 Å². The number of nitrogens with zero attached hydrogens (tertiary/aromatic N) is 3. The molecule has 0 unspecified atom stereocenters. The third-order valence-corrected chi connectivity index (χ3v) is 7.97. The number of benzene rings is 2. The number of rotatable bonds is 7. The number of halogens is 1. The zero-order chi connectivity index (χ0) is 21.8. The Balaban J connectivity index is 1.27. The van der Waals surface area contributed by atoms with Crippen molar-refractivity contribution in [3.8, 4) is 0 Å². The van der Waals surface area contributed by atoms with Gasteiger partial charge in [0, 0.05) is 49.2 Å². The zero-order valence-electron chi connectivity index (χ0n) is 17.9. The highest BCUT2D eigenvalue weighted by atomic mass is 35.5. The second-order valence-corrected chi connectivity index (χ2v) is 10.3. The van der Waals surface area contributed by atoms with E-state index in [0.717, 1.165) is 70.2 Å². The third kappa shape index (κ3) is 5.17. The van der Waals surface area contributed by atoms with Crippen molar-refractivity contribution in [2.75, 3.05) is 49.9 Å². The molecule has 3 aromatic rings. The van der Waals surface area contributed by atoms with Crippen molar-refractivity contribution in [3.05, 3.63) is 52.5 Å². The average Bonchev–Trinajstić information content (AvgIpc) is 3.22. The van der Waals surface area contributed by atoms with Gasteiger partial charge in [0.1, 0.15) is 0 Å². The molecule has 31 heavy (non-hydrogen) atoms. The Labute approximate surface area is 196 Å². The lowest BCUT2D eigenvalue weighted by Crippen LogP contribution is -2.48. The summed E-state index contributed by atoms with van der Waals surface area (Å²) in [4.78, 5) is 23.2. The summed E-state index contributed by atoms with van der Waals surface area (Å²) < 4.78 is 1.18. The summed E-state index contributed by atoms with van der Waals surface area (Å²) >= 11 is 9.68. The van der Waals surface area contributed by atoms with Crippen molar-refractivity contribution in [3.63, 3.8) is 0 Å². The van der Waals surface area contributed by atoms with Crippen molar-refractivity contribution >= 4 is 56.0 Å². The predicted molar refractivity (Wildman–Crippen MR) is 133 cm³/mol. The molecule has 4 rings (SSSR count). The molecule has 1 amide bonds. The van der Waals surface area contributed by atoms with E-state index in [1.807, 2.05) is 37.3 Å². The largest absolute Gasteiger partial charge is 0.351 e. The second kappa shape index (κ2) is 10.2. The van der Waals surface area contributed by atoms with Gasteiger partial charge >= 0.3 is 0 Å². The van der Waals surface area contributed by atoms with Gasteiger partial charge in [0.25, 0.3) is 5.91 Å². The topological polar surface area (TPSA) is 48.5 Å². The van der Waals surface area contributed by atoms with Crippen LogP contribution in [0.2, 0.25) is 5.02 Å². The number of amides is 1. The number of carbonyl (C=O) groups is 1. The molecule has 0 spiro atoms. The Hall–Kier alpha value is -1.80. The van der Waals surface area contributed by atoms with Gasteiger partial charge in [0.2, 0.25) is 0 Å². The molecule has 1 saturated heterocycles. The van der Waals surface area contributed by atoms with Gasteiger partial charge in [-0.25, -0.2) is 4.98 Å². The highest BCUT2D eigenvalue weighted by Crippen LogP contribution is 2.33. The summed E-state index contributed by atoms with van der Waals surface area (Å²) in [6.07, 6.45) is 0. The van der Waals surface area contributed by atoms with Gasteiger partial charge in [-0.15, -0.1) is 11.8 Å². The Kier molecular flexibility index (Phi) is 7.38. The van der Waals surface area contributed by atoms with E-state index >= 15 is 0 Å². The molecular formula is C23H27ClN4OS2. The van der Waals surface area contributed by atoms with Crippen LogP contribution in [0.4, 0.5) is 5.13 Å². The summed E-state index contributed by atoms with van der Waals surface area (Å²) in [6, 6.07) is 11.8. The van der Waals surface area contributed by atoms with E-state index < -0.39 is 0 Å². The van der Waals surface area contributed by atoms with E-state index in [-0.39, 0.29) is 5.91 Å². The number of thioether (sulfide) groups is 1. The highest BCUT2D eigenvalue weighted by Gasteiger charge is 2.20. The molecule has 1 fully saturated rings. The van der Waals surface area contributed by atoms with Crippen LogP contribution < -0.4 is 10.2 Å². The number of piperazine rings is 1. The van der Waals surface area contributed by atoms with Gasteiger partial charge in [-0.2, -0.15) is 0 Å². The smallest absolute Gasteiger partial charge is 0.252 e. The molecule has 2 heterocycles. The Morgan fingerprint density at radius 1 is 1.19 bits per heavy atom. The first-order valence-corrected chi connectivity index (χ1v) is 12.8. The van der Waals surface area contributed by atoms with Gasteiger partial charge in [-0.1, -0.05) is 42.0 Å². The average molecular weight is 475 g/mol. The number of nitrogens with one attached hydrogen (secondary N) is 1. The SMILES string of the molecule is CCSc1ccccc1C(=O)NCCN1CCN(c2nc3c(C)c(Cl)ccc3s2)CC1. The molecule has 2 aromatic carbocycles. The van der Waals surface area contributed by atoms with Gasteiger partial charge in [-0.3, -0.25) is 9.69 Å². The molecule has 164 valence electrons. The van der Waals surface area contributed by atoms with E-state index in [1.165, 1.54) is 4.70 Å². The number of fused-ring (bicyclic) bond motifs is 1. The molecule has 1 aromatic heterocycles. The third-order valence-electron chi connectivity index (χ3n) is 5.52. The molecule has 0 atom stereocenters. The first-order chi connectivity index (χ1) is 15.1. The van der Waals surface area contributed by atoms with Gasteiger partial charge < -0.3 is 10.2 Å². The molecule has 5 nitrogen and oxygen atoms in total. The van der Waals surface area contributed by atoms with E-state index in [9.17, 15) is 4.79 Å². The lowest BCUT2D eigenvalue weighted by Gasteiger charge is -2.34. The van der Waals surface area contributed by atoms with Crippen molar-refractivity contribution < 1.29 is 4.79 Å². The maximum atomic E-state index is 12.6. The molecule has 0 radical (unpaired) electrons. The molecule has 1 aliphatic rings. The van der Waals surface area contributed by atoms with E-state index in [4.69, 9.17) is 16.6 Å². The molecule has 0 saturated carbocycles. The normalized spacial score (nSPS) is 14.9. The number of thiazole rings is 1. The number of aromatic nitrogens is 1. The van der Waals surface area contributed by atoms with Crippen LogP contribution in [0.5, 0.6) is 0 Å². The van der Waals surface area contributed by atoms with Gasteiger partial charge in [-0.05, 0) is 42.5 Å². The monoisotopic (exact) mass is 474 g/mol. The summed E-state index contributed by atoms with van der Waals surface area (Å²) in [5.41, 5.74) is 2.83. The maximum Gasteiger partial charge on any atom is 0.252 e. The first kappa shape index (κ1) is 22.4. The quantitative estimate of drug-likeness (QED) is 0.492. The number of aryl methyl sites for hydroxylation is 1. The highest BCUT2D eigenvalue weighted by molar-refractivity contribution is 7.99. The van der Waals surface area contributed by atoms with Gasteiger partial charge in [0.15, 0.2) is 5.13 Å². The van der Waals surface area contributed by atoms with Crippen molar-refractivity contribution in [1.82, 2.24) is 15.2 Å². The lowest BCUT2D eigenvalue weighted by atomic mass is 10.2. The lowest BCUT2D eigenvalue weighted by molar-refractivity contribution is 0.0945. The fraction of sp³-hybridized carbons (Fsp3) is 0.391. The Bertz CT molecular complexity index is 1060. The number of carbonyl (C=O) groups excluding carboxylic acids is 1. The fourth-order valence-electron chi connectivity index (χ4n) is 3.75. The molecule has 1 N–H and O–H groups in total. The Morgan fingerprint density at radius 2 is 1.97 bits per heavy atom. The fourth-order valence-corrected chi connectivity index (χ4v) is 5.78. The molecule has 8 heteroatoms. The van der Waals surface area contributed by atoms with Crippen LogP contribution in [0.3, 0.4) is 0 Å². The van der Waals surface area contributed by atoms with E-state index in [1.54, 1.807) is 23.1 Å². The summed E-state index contributed by atoms with van der Waals surface area (Å²) in [5.74, 6) is 0.967. The minimum atomic E-state index is 0.0127. The Morgan fingerprint density at radius 3 is 2.74 bits per heavy atom. The number of hydrogen-bond donors (Lipinski definition) is 1. The first-order valence-electron chi connectivity index (χ1n) is 10.6. The van der Waals surface area contributed by atoms with Crippen LogP contribution in [0.1, 0.15) is 22.8 Å². The second-order valence-electron chi connectivity index (χ2n) is 7.53. The minimum absolute atomic E-state index is 0.0127. The number of anilines is 1. The predicted octanol–water partition coefficient (Wildman–Crippen LogP) is 4.92. The van der Waals surface area contributed by atoms with Crippen LogP contribution in [0, 0.1) is 6.92 Å². The zero-order valence-corrected chi connectivity index (χ0v) is 20.2. The standard InChI is InChI=1S/C23H27ClN4OS2/c1-3-30-19-7-5-4-6-17(19)22(29)25-10-11-27-12-14-28(15-13-27)23-26-21-16(2)18(24)8-9-20(21)31-23/h4-9H,3,10-15H2,1-2H3,(H,25,29). The molecular weight excluding hydrogens is 448 g/mol. The molecule has 0 bridgehead atoms. The van der Waals surface area contributed by atoms with Crippen molar-refractivity contribution in [1.29, 1.82) is 0 Å². The van der Waals surface area contributed by atoms with Crippen LogP contribution >= 0.6 is 34.7 Å². The summed E-state index contributed by atoms with van der Waals surface area (Å²) in [7, 11) is 0. The minimum Gasteiger partial charge on any atom is -0.351 e. The van der Waals surface area contributed by atoms with Crippen LogP contribution in [0.15, 0.2) is 41.3 Å². The number of hydrogen-bond acceptors (Lipinski definition) is 6.